The van der Waals surface area contributed by atoms with Crippen LogP contribution in [0.4, 0.5) is 4.39 Å². The van der Waals surface area contributed by atoms with Crippen LogP contribution in [-0.4, -0.2) is 42.8 Å². The number of nitrogens with two attached hydrogens (primary N) is 1. The number of carbonyl (C=O) groups is 2. The lowest BCUT2D eigenvalue weighted by Crippen LogP contribution is -2.41. The molecule has 0 bridgehead atoms. The SMILES string of the molecule is NC(=O)CN(CC(=O)O)S(=O)(=O)c1ccc(Cl)c(F)c1Cl. The van der Waals surface area contributed by atoms with Crippen LogP contribution in [0.5, 0.6) is 0 Å². The van der Waals surface area contributed by atoms with Gasteiger partial charge in [-0.15, -0.1) is 0 Å². The lowest BCUT2D eigenvalue weighted by atomic mass is 10.3. The zero-order chi connectivity index (χ0) is 16.4. The number of primary amides is 1. The van der Waals surface area contributed by atoms with Crippen LogP contribution >= 0.6 is 23.2 Å². The van der Waals surface area contributed by atoms with Gasteiger partial charge in [-0.05, 0) is 12.1 Å². The number of benzene rings is 1. The Kier molecular flexibility index (Phi) is 5.51. The molecule has 0 aromatic heterocycles. The van der Waals surface area contributed by atoms with E-state index in [2.05, 4.69) is 0 Å². The van der Waals surface area contributed by atoms with Crippen LogP contribution in [-0.2, 0) is 19.6 Å². The molecule has 0 aliphatic heterocycles. The molecule has 0 atom stereocenters. The number of carboxylic acid groups (broad SMARTS) is 1. The third kappa shape index (κ3) is 4.03. The van der Waals surface area contributed by atoms with Crippen molar-refractivity contribution in [1.82, 2.24) is 4.31 Å². The van der Waals surface area contributed by atoms with E-state index in [1.165, 1.54) is 0 Å². The number of amides is 1. The van der Waals surface area contributed by atoms with E-state index in [-0.39, 0.29) is 4.31 Å². The van der Waals surface area contributed by atoms with Gasteiger partial charge in [-0.1, -0.05) is 23.2 Å². The molecular formula is C10H9Cl2FN2O5S. The Morgan fingerprint density at radius 2 is 1.86 bits per heavy atom. The van der Waals surface area contributed by atoms with Crippen LogP contribution in [0.1, 0.15) is 0 Å². The zero-order valence-electron chi connectivity index (χ0n) is 10.2. The molecule has 1 aromatic carbocycles. The first-order valence-electron chi connectivity index (χ1n) is 5.21. The van der Waals surface area contributed by atoms with Crippen molar-refractivity contribution in [2.45, 2.75) is 4.90 Å². The van der Waals surface area contributed by atoms with E-state index in [0.717, 1.165) is 12.1 Å². The maximum atomic E-state index is 13.6. The van der Waals surface area contributed by atoms with Crippen LogP contribution < -0.4 is 5.73 Å². The van der Waals surface area contributed by atoms with E-state index in [1.807, 2.05) is 0 Å². The fraction of sp³-hybridized carbons (Fsp3) is 0.200. The summed E-state index contributed by atoms with van der Waals surface area (Å²) >= 11 is 11.0. The Hall–Kier alpha value is -1.42. The number of halogens is 3. The van der Waals surface area contributed by atoms with E-state index in [4.69, 9.17) is 34.0 Å². The Balaban J connectivity index is 3.38. The van der Waals surface area contributed by atoms with Crippen molar-refractivity contribution >= 4 is 45.1 Å². The molecule has 0 fully saturated rings. The van der Waals surface area contributed by atoms with Gasteiger partial charge in [0.1, 0.15) is 11.4 Å². The third-order valence-corrected chi connectivity index (χ3v) is 4.87. The number of nitrogens with zero attached hydrogens (tertiary/aromatic N) is 1. The van der Waals surface area contributed by atoms with Gasteiger partial charge in [-0.2, -0.15) is 4.31 Å². The first kappa shape index (κ1) is 17.6. The molecule has 1 amide bonds. The Morgan fingerprint density at radius 1 is 1.29 bits per heavy atom. The predicted molar refractivity (Wildman–Crippen MR) is 72.0 cm³/mol. The van der Waals surface area contributed by atoms with Crippen molar-refractivity contribution in [3.8, 4) is 0 Å². The Labute approximate surface area is 129 Å². The molecule has 0 radical (unpaired) electrons. The average Bonchev–Trinajstić information content (AvgIpc) is 2.33. The summed E-state index contributed by atoms with van der Waals surface area (Å²) in [7, 11) is -4.54. The van der Waals surface area contributed by atoms with Gasteiger partial charge < -0.3 is 10.8 Å². The number of hydrogen-bond donors (Lipinski definition) is 2. The number of carboxylic acids is 1. The van der Waals surface area contributed by atoms with Gasteiger partial charge >= 0.3 is 5.97 Å². The number of hydrogen-bond acceptors (Lipinski definition) is 4. The summed E-state index contributed by atoms with van der Waals surface area (Å²) in [6.07, 6.45) is 0. The molecule has 0 unspecified atom stereocenters. The second-order valence-corrected chi connectivity index (χ2v) is 6.50. The number of aliphatic carboxylic acids is 1. The molecule has 0 spiro atoms. The molecule has 0 aliphatic carbocycles. The molecule has 0 saturated carbocycles. The van der Waals surface area contributed by atoms with Crippen LogP contribution in [0.15, 0.2) is 17.0 Å². The zero-order valence-corrected chi connectivity index (χ0v) is 12.5. The molecule has 3 N–H and O–H groups in total. The second kappa shape index (κ2) is 6.56. The fourth-order valence-corrected chi connectivity index (χ4v) is 3.47. The summed E-state index contributed by atoms with van der Waals surface area (Å²) in [6, 6.07) is 1.85. The van der Waals surface area contributed by atoms with Crippen molar-refractivity contribution < 1.29 is 27.5 Å². The van der Waals surface area contributed by atoms with E-state index in [0.29, 0.717) is 0 Å². The first-order chi connectivity index (χ1) is 9.57. The summed E-state index contributed by atoms with van der Waals surface area (Å²) < 4.78 is 38.3. The summed E-state index contributed by atoms with van der Waals surface area (Å²) in [5.41, 5.74) is 4.87. The van der Waals surface area contributed by atoms with Crippen molar-refractivity contribution in [2.75, 3.05) is 13.1 Å². The summed E-state index contributed by atoms with van der Waals surface area (Å²) in [5.74, 6) is -3.77. The van der Waals surface area contributed by atoms with Gasteiger partial charge in [0, 0.05) is 0 Å². The van der Waals surface area contributed by atoms with Crippen molar-refractivity contribution in [3.05, 3.63) is 28.0 Å². The van der Waals surface area contributed by atoms with E-state index >= 15 is 0 Å². The molecular weight excluding hydrogens is 350 g/mol. The lowest BCUT2D eigenvalue weighted by molar-refractivity contribution is -0.137. The molecule has 21 heavy (non-hydrogen) atoms. The van der Waals surface area contributed by atoms with E-state index < -0.39 is 55.7 Å². The molecule has 7 nitrogen and oxygen atoms in total. The number of carbonyl (C=O) groups excluding carboxylic acids is 1. The third-order valence-electron chi connectivity index (χ3n) is 2.26. The first-order valence-corrected chi connectivity index (χ1v) is 7.40. The van der Waals surface area contributed by atoms with Gasteiger partial charge in [-0.25, -0.2) is 12.8 Å². The van der Waals surface area contributed by atoms with Crippen LogP contribution in [0.25, 0.3) is 0 Å². The monoisotopic (exact) mass is 358 g/mol. The highest BCUT2D eigenvalue weighted by Gasteiger charge is 2.31. The fourth-order valence-electron chi connectivity index (χ4n) is 1.40. The lowest BCUT2D eigenvalue weighted by Gasteiger charge is -2.19. The summed E-state index contributed by atoms with van der Waals surface area (Å²) in [5, 5.41) is 7.48. The summed E-state index contributed by atoms with van der Waals surface area (Å²) in [4.78, 5) is 20.8. The maximum Gasteiger partial charge on any atom is 0.318 e. The van der Waals surface area contributed by atoms with Crippen molar-refractivity contribution in [2.24, 2.45) is 5.73 Å². The smallest absolute Gasteiger partial charge is 0.318 e. The molecule has 0 aliphatic rings. The van der Waals surface area contributed by atoms with Crippen molar-refractivity contribution in [1.29, 1.82) is 0 Å². The summed E-state index contributed by atoms with van der Waals surface area (Å²) in [6.45, 7) is -1.93. The molecule has 1 rings (SSSR count). The molecule has 116 valence electrons. The number of sulfonamides is 1. The normalized spacial score (nSPS) is 11.6. The van der Waals surface area contributed by atoms with Crippen LogP contribution in [0, 0.1) is 5.82 Å². The quantitative estimate of drug-likeness (QED) is 0.725. The van der Waals surface area contributed by atoms with Crippen LogP contribution in [0.2, 0.25) is 10.0 Å². The maximum absolute atomic E-state index is 13.6. The van der Waals surface area contributed by atoms with Crippen molar-refractivity contribution in [3.63, 3.8) is 0 Å². The number of rotatable bonds is 6. The minimum absolute atomic E-state index is 0.270. The van der Waals surface area contributed by atoms with Crippen LogP contribution in [0.3, 0.4) is 0 Å². The Morgan fingerprint density at radius 3 is 2.33 bits per heavy atom. The predicted octanol–water partition coefficient (Wildman–Crippen LogP) is 0.693. The topological polar surface area (TPSA) is 118 Å². The van der Waals surface area contributed by atoms with E-state index in [1.54, 1.807) is 0 Å². The second-order valence-electron chi connectivity index (χ2n) is 3.81. The Bertz CT molecular complexity index is 679. The highest BCUT2D eigenvalue weighted by Crippen LogP contribution is 2.31. The molecule has 0 saturated heterocycles. The van der Waals surface area contributed by atoms with Gasteiger partial charge in [-0.3, -0.25) is 9.59 Å². The van der Waals surface area contributed by atoms with Gasteiger partial charge in [0.25, 0.3) is 0 Å². The van der Waals surface area contributed by atoms with Gasteiger partial charge in [0.15, 0.2) is 5.82 Å². The highest BCUT2D eigenvalue weighted by atomic mass is 35.5. The van der Waals surface area contributed by atoms with Gasteiger partial charge in [0.2, 0.25) is 15.9 Å². The van der Waals surface area contributed by atoms with E-state index in [9.17, 15) is 22.4 Å². The largest absolute Gasteiger partial charge is 0.480 e. The minimum atomic E-state index is -4.54. The standard InChI is InChI=1S/C10H9Cl2FN2O5S/c11-5-1-2-6(9(12)10(5)13)21(19,20)15(3-7(14)16)4-8(17)18/h1-2H,3-4H2,(H2,14,16)(H,17,18). The minimum Gasteiger partial charge on any atom is -0.480 e. The molecule has 11 heteroatoms. The average molecular weight is 359 g/mol. The molecule has 1 aromatic rings. The van der Waals surface area contributed by atoms with Gasteiger partial charge in [0.05, 0.1) is 16.6 Å². The highest BCUT2D eigenvalue weighted by molar-refractivity contribution is 7.89. The molecule has 0 heterocycles.